The fourth-order valence-electron chi connectivity index (χ4n) is 1.88. The third kappa shape index (κ3) is 3.96. The van der Waals surface area contributed by atoms with E-state index in [1.807, 2.05) is 38.1 Å². The average Bonchev–Trinajstić information content (AvgIpc) is 2.41. The van der Waals surface area contributed by atoms with Crippen LogP contribution in [0.4, 0.5) is 0 Å². The van der Waals surface area contributed by atoms with Gasteiger partial charge in [-0.2, -0.15) is 0 Å². The predicted octanol–water partition coefficient (Wildman–Crippen LogP) is 4.82. The molecule has 1 N–H and O–H groups in total. The maximum Gasteiger partial charge on any atom is 0.253 e. The highest BCUT2D eigenvalue weighted by atomic mass is 79.9. The molecule has 0 fully saturated rings. The Morgan fingerprint density at radius 1 is 1.24 bits per heavy atom. The van der Waals surface area contributed by atoms with Crippen molar-refractivity contribution in [2.24, 2.45) is 0 Å². The molecular formula is C15H13BrCl2N2O. The number of hydrogen-bond acceptors (Lipinski definition) is 2. The summed E-state index contributed by atoms with van der Waals surface area (Å²) in [7, 11) is 0. The van der Waals surface area contributed by atoms with Gasteiger partial charge in [-0.3, -0.25) is 4.79 Å². The number of pyridine rings is 1. The molecule has 0 saturated heterocycles. The van der Waals surface area contributed by atoms with Gasteiger partial charge in [0.15, 0.2) is 0 Å². The Bertz CT molecular complexity index is 672. The Morgan fingerprint density at radius 3 is 2.48 bits per heavy atom. The van der Waals surface area contributed by atoms with E-state index in [1.54, 1.807) is 0 Å². The monoisotopic (exact) mass is 386 g/mol. The van der Waals surface area contributed by atoms with E-state index in [4.69, 9.17) is 23.2 Å². The zero-order valence-corrected chi connectivity index (χ0v) is 14.6. The molecular weight excluding hydrogens is 375 g/mol. The summed E-state index contributed by atoms with van der Waals surface area (Å²) in [6.07, 6.45) is 1.37. The molecule has 2 rings (SSSR count). The molecule has 0 saturated carbocycles. The molecule has 1 amide bonds. The van der Waals surface area contributed by atoms with Crippen molar-refractivity contribution >= 4 is 45.0 Å². The van der Waals surface area contributed by atoms with Gasteiger partial charge in [0, 0.05) is 10.7 Å². The first-order valence-corrected chi connectivity index (χ1v) is 7.74. The fraction of sp³-hybridized carbons (Fsp3) is 0.200. The number of nitrogens with zero attached hydrogens (tertiary/aromatic N) is 1. The quantitative estimate of drug-likeness (QED) is 0.767. The lowest BCUT2D eigenvalue weighted by Gasteiger charge is -2.27. The van der Waals surface area contributed by atoms with Crippen LogP contribution in [0.25, 0.3) is 0 Å². The first-order valence-electron chi connectivity index (χ1n) is 6.19. The zero-order valence-electron chi connectivity index (χ0n) is 11.5. The molecule has 1 aromatic carbocycles. The lowest BCUT2D eigenvalue weighted by molar-refractivity contribution is 0.0912. The van der Waals surface area contributed by atoms with Crippen molar-refractivity contribution in [3.05, 3.63) is 62.3 Å². The minimum atomic E-state index is -0.545. The van der Waals surface area contributed by atoms with Crippen LogP contribution in [0, 0.1) is 0 Å². The second-order valence-electron chi connectivity index (χ2n) is 5.07. The third-order valence-corrected chi connectivity index (χ3v) is 4.10. The Morgan fingerprint density at radius 2 is 1.86 bits per heavy atom. The van der Waals surface area contributed by atoms with Crippen molar-refractivity contribution in [3.8, 4) is 0 Å². The smallest absolute Gasteiger partial charge is 0.253 e. The number of carbonyl (C=O) groups is 1. The molecule has 110 valence electrons. The number of rotatable bonds is 3. The Labute approximate surface area is 141 Å². The van der Waals surface area contributed by atoms with Crippen LogP contribution in [0.2, 0.25) is 10.2 Å². The van der Waals surface area contributed by atoms with Gasteiger partial charge in [0.1, 0.15) is 5.15 Å². The molecule has 1 heterocycles. The standard InChI is InChI=1S/C15H13BrCl2N2O/c1-15(2,9-3-5-10(16)6-4-9)20-14(21)11-7-13(18)19-8-12(11)17/h3-8H,1-2H3,(H,20,21). The summed E-state index contributed by atoms with van der Waals surface area (Å²) >= 11 is 15.2. The highest BCUT2D eigenvalue weighted by Gasteiger charge is 2.24. The molecule has 0 spiro atoms. The van der Waals surface area contributed by atoms with Crippen molar-refractivity contribution in [3.63, 3.8) is 0 Å². The molecule has 0 unspecified atom stereocenters. The highest BCUT2D eigenvalue weighted by Crippen LogP contribution is 2.24. The predicted molar refractivity (Wildman–Crippen MR) is 88.9 cm³/mol. The van der Waals surface area contributed by atoms with Crippen molar-refractivity contribution in [2.75, 3.05) is 0 Å². The zero-order chi connectivity index (χ0) is 15.6. The number of amides is 1. The second-order valence-corrected chi connectivity index (χ2v) is 6.78. The average molecular weight is 388 g/mol. The molecule has 3 nitrogen and oxygen atoms in total. The van der Waals surface area contributed by atoms with Gasteiger partial charge in [-0.05, 0) is 37.6 Å². The number of benzene rings is 1. The van der Waals surface area contributed by atoms with Crippen molar-refractivity contribution < 1.29 is 4.79 Å². The van der Waals surface area contributed by atoms with Gasteiger partial charge in [-0.15, -0.1) is 0 Å². The molecule has 0 aliphatic rings. The minimum absolute atomic E-state index is 0.228. The van der Waals surface area contributed by atoms with E-state index >= 15 is 0 Å². The summed E-state index contributed by atoms with van der Waals surface area (Å²) in [6, 6.07) is 9.22. The highest BCUT2D eigenvalue weighted by molar-refractivity contribution is 9.10. The summed E-state index contributed by atoms with van der Waals surface area (Å²) in [5.41, 5.74) is 0.744. The van der Waals surface area contributed by atoms with Crippen LogP contribution in [-0.4, -0.2) is 10.9 Å². The maximum absolute atomic E-state index is 12.4. The van der Waals surface area contributed by atoms with E-state index in [2.05, 4.69) is 26.2 Å². The van der Waals surface area contributed by atoms with E-state index < -0.39 is 5.54 Å². The van der Waals surface area contributed by atoms with E-state index in [9.17, 15) is 4.79 Å². The largest absolute Gasteiger partial charge is 0.343 e. The van der Waals surface area contributed by atoms with Crippen molar-refractivity contribution in [1.29, 1.82) is 0 Å². The lowest BCUT2D eigenvalue weighted by Crippen LogP contribution is -2.41. The number of aromatic nitrogens is 1. The van der Waals surface area contributed by atoms with Crippen molar-refractivity contribution in [1.82, 2.24) is 10.3 Å². The Balaban J connectivity index is 2.25. The van der Waals surface area contributed by atoms with Crippen LogP contribution >= 0.6 is 39.1 Å². The van der Waals surface area contributed by atoms with E-state index in [1.165, 1.54) is 12.3 Å². The molecule has 0 radical (unpaired) electrons. The molecule has 21 heavy (non-hydrogen) atoms. The molecule has 0 aliphatic carbocycles. The Kier molecular flexibility index (Phi) is 4.91. The first kappa shape index (κ1) is 16.3. The van der Waals surface area contributed by atoms with Crippen LogP contribution in [0.5, 0.6) is 0 Å². The second kappa shape index (κ2) is 6.34. The topological polar surface area (TPSA) is 42.0 Å². The van der Waals surface area contributed by atoms with Gasteiger partial charge in [0.25, 0.3) is 5.91 Å². The van der Waals surface area contributed by atoms with Gasteiger partial charge in [0.05, 0.1) is 16.1 Å². The summed E-state index contributed by atoms with van der Waals surface area (Å²) in [5, 5.41) is 3.45. The van der Waals surface area contributed by atoms with Crippen LogP contribution in [0.1, 0.15) is 29.8 Å². The normalized spacial score (nSPS) is 11.3. The summed E-state index contributed by atoms with van der Waals surface area (Å²) in [5.74, 6) is -0.294. The van der Waals surface area contributed by atoms with Crippen molar-refractivity contribution in [2.45, 2.75) is 19.4 Å². The van der Waals surface area contributed by atoms with E-state index in [0.717, 1.165) is 10.0 Å². The summed E-state index contributed by atoms with van der Waals surface area (Å²) in [4.78, 5) is 16.2. The lowest BCUT2D eigenvalue weighted by atomic mass is 9.94. The maximum atomic E-state index is 12.4. The number of nitrogens with one attached hydrogen (secondary N) is 1. The van der Waals surface area contributed by atoms with Gasteiger partial charge in [-0.1, -0.05) is 51.3 Å². The molecule has 0 bridgehead atoms. The molecule has 0 atom stereocenters. The first-order chi connectivity index (χ1) is 9.79. The van der Waals surface area contributed by atoms with Gasteiger partial charge in [-0.25, -0.2) is 4.98 Å². The van der Waals surface area contributed by atoms with Crippen LogP contribution in [0.15, 0.2) is 41.0 Å². The Hall–Kier alpha value is -1.10. The van der Waals surface area contributed by atoms with Crippen LogP contribution in [0.3, 0.4) is 0 Å². The molecule has 6 heteroatoms. The number of hydrogen-bond donors (Lipinski definition) is 1. The summed E-state index contributed by atoms with van der Waals surface area (Å²) < 4.78 is 0.984. The van der Waals surface area contributed by atoms with Gasteiger partial charge < -0.3 is 5.32 Å². The minimum Gasteiger partial charge on any atom is -0.343 e. The van der Waals surface area contributed by atoms with Crippen LogP contribution in [-0.2, 0) is 5.54 Å². The molecule has 1 aromatic heterocycles. The van der Waals surface area contributed by atoms with E-state index in [0.29, 0.717) is 5.56 Å². The number of halogens is 3. The molecule has 2 aromatic rings. The van der Waals surface area contributed by atoms with Crippen LogP contribution < -0.4 is 5.32 Å². The molecule has 0 aliphatic heterocycles. The third-order valence-electron chi connectivity index (χ3n) is 3.06. The van der Waals surface area contributed by atoms with Gasteiger partial charge >= 0.3 is 0 Å². The summed E-state index contributed by atoms with van der Waals surface area (Å²) in [6.45, 7) is 3.84. The van der Waals surface area contributed by atoms with Gasteiger partial charge in [0.2, 0.25) is 0 Å². The fourth-order valence-corrected chi connectivity index (χ4v) is 2.49. The van der Waals surface area contributed by atoms with E-state index in [-0.39, 0.29) is 16.1 Å². The SMILES string of the molecule is CC(C)(NC(=O)c1cc(Cl)ncc1Cl)c1ccc(Br)cc1. The number of carbonyl (C=O) groups excluding carboxylic acids is 1.